The highest BCUT2D eigenvalue weighted by Gasteiger charge is 2.29. The molecule has 0 aromatic carbocycles. The van der Waals surface area contributed by atoms with Crippen LogP contribution < -0.4 is 5.32 Å². The summed E-state index contributed by atoms with van der Waals surface area (Å²) in [4.78, 5) is 26.8. The predicted molar refractivity (Wildman–Crippen MR) is 74.2 cm³/mol. The van der Waals surface area contributed by atoms with Crippen LogP contribution >= 0.6 is 11.3 Å². The lowest BCUT2D eigenvalue weighted by atomic mass is 9.83. The van der Waals surface area contributed by atoms with Crippen molar-refractivity contribution in [2.45, 2.75) is 51.5 Å². The second-order valence-corrected chi connectivity index (χ2v) is 6.30. The Labute approximate surface area is 116 Å². The van der Waals surface area contributed by atoms with Crippen LogP contribution in [-0.4, -0.2) is 27.4 Å². The molecular weight excluding hydrogens is 264 g/mol. The molecule has 19 heavy (non-hydrogen) atoms. The number of carboxylic acid groups (broad SMARTS) is 1. The average Bonchev–Trinajstić information content (AvgIpc) is 2.73. The third-order valence-corrected chi connectivity index (χ3v) is 4.59. The van der Waals surface area contributed by atoms with Gasteiger partial charge in [-0.3, -0.25) is 4.79 Å². The summed E-state index contributed by atoms with van der Waals surface area (Å²) < 4.78 is 0. The number of aromatic nitrogens is 1. The molecule has 0 aliphatic heterocycles. The van der Waals surface area contributed by atoms with Crippen molar-refractivity contribution in [2.24, 2.45) is 0 Å². The predicted octanol–water partition coefficient (Wildman–Crippen LogP) is 3.18. The molecule has 0 spiro atoms. The number of anilines is 1. The molecule has 1 heterocycles. The molecular formula is C13H18N2O3S. The highest BCUT2D eigenvalue weighted by atomic mass is 32.1. The van der Waals surface area contributed by atoms with Crippen molar-refractivity contribution < 1.29 is 14.7 Å². The number of aromatic carboxylic acids is 1. The molecule has 1 aliphatic carbocycles. The molecule has 1 aliphatic rings. The van der Waals surface area contributed by atoms with Gasteiger partial charge in [0.2, 0.25) is 0 Å². The van der Waals surface area contributed by atoms with Crippen LogP contribution in [0.5, 0.6) is 0 Å². The third-order valence-electron chi connectivity index (χ3n) is 3.52. The zero-order chi connectivity index (χ0) is 14.0. The quantitative estimate of drug-likeness (QED) is 0.829. The smallest absolute Gasteiger partial charge is 0.356 e. The fourth-order valence-electron chi connectivity index (χ4n) is 2.47. The number of carbonyl (C=O) groups excluding carboxylic acids is 1. The van der Waals surface area contributed by atoms with Crippen LogP contribution in [-0.2, 0) is 0 Å². The second kappa shape index (κ2) is 5.28. The number of rotatable bonds is 4. The van der Waals surface area contributed by atoms with Gasteiger partial charge in [-0.2, -0.15) is 0 Å². The van der Waals surface area contributed by atoms with Gasteiger partial charge in [0, 0.05) is 12.5 Å². The lowest BCUT2D eigenvalue weighted by Gasteiger charge is -2.34. The number of carbonyl (C=O) groups is 2. The minimum absolute atomic E-state index is 0.0417. The number of ketones is 1. The molecule has 0 bridgehead atoms. The first-order valence-electron chi connectivity index (χ1n) is 6.44. The van der Waals surface area contributed by atoms with Crippen LogP contribution in [0.1, 0.15) is 66.1 Å². The van der Waals surface area contributed by atoms with Crippen molar-refractivity contribution in [3.05, 3.63) is 10.6 Å². The number of carboxylic acids is 1. The number of nitrogens with zero attached hydrogens (tertiary/aromatic N) is 1. The van der Waals surface area contributed by atoms with E-state index >= 15 is 0 Å². The van der Waals surface area contributed by atoms with Gasteiger partial charge in [0.05, 0.1) is 0 Å². The Kier molecular flexibility index (Phi) is 3.89. The van der Waals surface area contributed by atoms with Gasteiger partial charge in [0.1, 0.15) is 4.88 Å². The monoisotopic (exact) mass is 282 g/mol. The van der Waals surface area contributed by atoms with E-state index in [9.17, 15) is 9.59 Å². The Morgan fingerprint density at radius 2 is 1.95 bits per heavy atom. The van der Waals surface area contributed by atoms with E-state index in [1.165, 1.54) is 26.2 Å². The summed E-state index contributed by atoms with van der Waals surface area (Å²) in [6.45, 7) is 3.49. The summed E-state index contributed by atoms with van der Waals surface area (Å²) in [7, 11) is 0. The Morgan fingerprint density at radius 3 is 2.42 bits per heavy atom. The van der Waals surface area contributed by atoms with Crippen LogP contribution in [0, 0.1) is 0 Å². The Morgan fingerprint density at radius 1 is 1.32 bits per heavy atom. The largest absolute Gasteiger partial charge is 0.476 e. The maximum atomic E-state index is 11.4. The maximum Gasteiger partial charge on any atom is 0.356 e. The molecule has 1 saturated carbocycles. The molecule has 0 amide bonds. The van der Waals surface area contributed by atoms with E-state index in [-0.39, 0.29) is 21.9 Å². The standard InChI is InChI=1S/C13H18N2O3S/c1-8(16)10-9(11(17)18)14-12(19-10)15-13(2)6-4-3-5-7-13/h3-7H2,1-2H3,(H,14,15)(H,17,18). The Hall–Kier alpha value is -1.43. The molecule has 0 unspecified atom stereocenters. The molecule has 1 fully saturated rings. The first-order valence-corrected chi connectivity index (χ1v) is 7.26. The van der Waals surface area contributed by atoms with Crippen LogP contribution in [0.15, 0.2) is 0 Å². The summed E-state index contributed by atoms with van der Waals surface area (Å²) in [5.41, 5.74) is -0.181. The molecule has 2 rings (SSSR count). The summed E-state index contributed by atoms with van der Waals surface area (Å²) in [6, 6.07) is 0. The number of hydrogen-bond donors (Lipinski definition) is 2. The molecule has 2 N–H and O–H groups in total. The van der Waals surface area contributed by atoms with E-state index < -0.39 is 5.97 Å². The van der Waals surface area contributed by atoms with Gasteiger partial charge < -0.3 is 10.4 Å². The van der Waals surface area contributed by atoms with Gasteiger partial charge in [-0.15, -0.1) is 0 Å². The highest BCUT2D eigenvalue weighted by Crippen LogP contribution is 2.33. The van der Waals surface area contributed by atoms with E-state index in [2.05, 4.69) is 17.2 Å². The van der Waals surface area contributed by atoms with Crippen molar-refractivity contribution >= 4 is 28.2 Å². The third kappa shape index (κ3) is 3.12. The highest BCUT2D eigenvalue weighted by molar-refractivity contribution is 7.17. The zero-order valence-electron chi connectivity index (χ0n) is 11.2. The van der Waals surface area contributed by atoms with E-state index in [1.807, 2.05) is 0 Å². The normalized spacial score (nSPS) is 18.0. The first-order chi connectivity index (χ1) is 8.91. The van der Waals surface area contributed by atoms with Crippen LogP contribution in [0.4, 0.5) is 5.13 Å². The van der Waals surface area contributed by atoms with Crippen molar-refractivity contribution in [3.8, 4) is 0 Å². The first kappa shape index (κ1) is 14.0. The Balaban J connectivity index is 2.23. The van der Waals surface area contributed by atoms with Gasteiger partial charge >= 0.3 is 5.97 Å². The van der Waals surface area contributed by atoms with Gasteiger partial charge in [0.15, 0.2) is 16.6 Å². The minimum atomic E-state index is -1.15. The van der Waals surface area contributed by atoms with Crippen molar-refractivity contribution in [2.75, 3.05) is 5.32 Å². The summed E-state index contributed by atoms with van der Waals surface area (Å²) >= 11 is 1.14. The molecule has 104 valence electrons. The number of thiazole rings is 1. The Bertz CT molecular complexity index is 472. The van der Waals surface area contributed by atoms with E-state index in [1.54, 1.807) is 0 Å². The van der Waals surface area contributed by atoms with Crippen LogP contribution in [0.3, 0.4) is 0 Å². The summed E-state index contributed by atoms with van der Waals surface area (Å²) in [5, 5.41) is 12.9. The van der Waals surface area contributed by atoms with Crippen molar-refractivity contribution in [1.29, 1.82) is 0 Å². The molecule has 1 aromatic rings. The fraction of sp³-hybridized carbons (Fsp3) is 0.615. The minimum Gasteiger partial charge on any atom is -0.476 e. The van der Waals surface area contributed by atoms with Crippen molar-refractivity contribution in [1.82, 2.24) is 4.98 Å². The fourth-order valence-corrected chi connectivity index (χ4v) is 3.47. The molecule has 0 radical (unpaired) electrons. The van der Waals surface area contributed by atoms with Gasteiger partial charge in [-0.1, -0.05) is 30.6 Å². The molecule has 1 aromatic heterocycles. The van der Waals surface area contributed by atoms with Crippen molar-refractivity contribution in [3.63, 3.8) is 0 Å². The zero-order valence-corrected chi connectivity index (χ0v) is 12.0. The van der Waals surface area contributed by atoms with E-state index in [0.29, 0.717) is 5.13 Å². The molecule has 6 heteroatoms. The van der Waals surface area contributed by atoms with Gasteiger partial charge in [-0.25, -0.2) is 9.78 Å². The van der Waals surface area contributed by atoms with Crippen LogP contribution in [0.25, 0.3) is 0 Å². The summed E-state index contributed by atoms with van der Waals surface area (Å²) in [6.07, 6.45) is 5.67. The molecule has 0 saturated heterocycles. The molecule has 5 nitrogen and oxygen atoms in total. The lowest BCUT2D eigenvalue weighted by molar-refractivity contribution is 0.0687. The second-order valence-electron chi connectivity index (χ2n) is 5.30. The SMILES string of the molecule is CC(=O)c1sc(NC2(C)CCCCC2)nc1C(=O)O. The maximum absolute atomic E-state index is 11.4. The van der Waals surface area contributed by atoms with E-state index in [4.69, 9.17) is 5.11 Å². The van der Waals surface area contributed by atoms with Crippen LogP contribution in [0.2, 0.25) is 0 Å². The lowest BCUT2D eigenvalue weighted by Crippen LogP contribution is -2.36. The number of hydrogen-bond acceptors (Lipinski definition) is 5. The summed E-state index contributed by atoms with van der Waals surface area (Å²) in [5.74, 6) is -1.40. The van der Waals surface area contributed by atoms with E-state index in [0.717, 1.165) is 24.2 Å². The average molecular weight is 282 g/mol. The topological polar surface area (TPSA) is 79.3 Å². The van der Waals surface area contributed by atoms with Gasteiger partial charge in [0.25, 0.3) is 0 Å². The van der Waals surface area contributed by atoms with Gasteiger partial charge in [-0.05, 0) is 19.8 Å². The number of nitrogens with one attached hydrogen (secondary N) is 1. The number of Topliss-reactive ketones (excluding diaryl/α,β-unsaturated/α-hetero) is 1. The molecule has 0 atom stereocenters.